The maximum absolute atomic E-state index is 11.6. The molecule has 0 N–H and O–H groups in total. The third-order valence-electron chi connectivity index (χ3n) is 2.54. The Morgan fingerprint density at radius 3 is 2.82 bits per heavy atom. The van der Waals surface area contributed by atoms with Crippen LogP contribution in [0.2, 0.25) is 0 Å². The fraction of sp³-hybridized carbons (Fsp3) is 0.333. The smallest absolute Gasteiger partial charge is 0.374 e. The summed E-state index contributed by atoms with van der Waals surface area (Å²) in [5.74, 6) is -0.122. The Kier molecular flexibility index (Phi) is 3.39. The number of esters is 1. The molecule has 2 rings (SSSR count). The van der Waals surface area contributed by atoms with Crippen molar-refractivity contribution in [3.8, 4) is 0 Å². The number of carbonyl (C=O) groups is 1. The Balaban J connectivity index is 2.52. The summed E-state index contributed by atoms with van der Waals surface area (Å²) in [4.78, 5) is 15.9. The molecule has 2 aromatic rings. The highest BCUT2D eigenvalue weighted by Gasteiger charge is 2.17. The van der Waals surface area contributed by atoms with Gasteiger partial charge in [-0.2, -0.15) is 0 Å². The van der Waals surface area contributed by atoms with E-state index in [-0.39, 0.29) is 0 Å². The molecule has 1 aromatic heterocycles. The molecule has 1 heterocycles. The predicted octanol–water partition coefficient (Wildman–Crippen LogP) is 1.47. The molecule has 0 saturated carbocycles. The number of aromatic nitrogens is 2. The van der Waals surface area contributed by atoms with Gasteiger partial charge in [-0.05, 0) is 12.1 Å². The van der Waals surface area contributed by atoms with Crippen molar-refractivity contribution in [2.24, 2.45) is 0 Å². The first-order chi connectivity index (χ1) is 8.27. The number of ether oxygens (including phenoxy) is 2. The number of hydrogen-bond acceptors (Lipinski definition) is 4. The van der Waals surface area contributed by atoms with Crippen molar-refractivity contribution >= 4 is 17.0 Å². The molecule has 5 heteroatoms. The first-order valence-corrected chi connectivity index (χ1v) is 5.30. The average molecular weight is 234 g/mol. The normalized spacial score (nSPS) is 10.7. The quantitative estimate of drug-likeness (QED) is 0.752. The fourth-order valence-corrected chi connectivity index (χ4v) is 1.73. The van der Waals surface area contributed by atoms with Crippen molar-refractivity contribution < 1.29 is 14.3 Å². The molecule has 0 radical (unpaired) electrons. The third kappa shape index (κ3) is 2.14. The van der Waals surface area contributed by atoms with Gasteiger partial charge in [0.2, 0.25) is 5.82 Å². The molecule has 0 spiro atoms. The van der Waals surface area contributed by atoms with Crippen LogP contribution < -0.4 is 0 Å². The molecule has 0 aliphatic carbocycles. The van der Waals surface area contributed by atoms with Crippen LogP contribution in [0.15, 0.2) is 24.3 Å². The van der Waals surface area contributed by atoms with Crippen LogP contribution >= 0.6 is 0 Å². The summed E-state index contributed by atoms with van der Waals surface area (Å²) in [6, 6.07) is 7.58. The van der Waals surface area contributed by atoms with Crippen LogP contribution in [0.5, 0.6) is 0 Å². The standard InChI is InChI=1S/C12H14N2O3/c1-16-8-7-14-10-6-4-3-5-9(10)13-11(14)12(15)17-2/h3-6H,7-8H2,1-2H3. The van der Waals surface area contributed by atoms with Crippen LogP contribution in [0.3, 0.4) is 0 Å². The molecule has 0 unspecified atom stereocenters. The minimum atomic E-state index is -0.433. The van der Waals surface area contributed by atoms with E-state index in [0.29, 0.717) is 19.0 Å². The molecular formula is C12H14N2O3. The highest BCUT2D eigenvalue weighted by atomic mass is 16.5. The number of methoxy groups -OCH3 is 2. The molecule has 1 aromatic carbocycles. The lowest BCUT2D eigenvalue weighted by molar-refractivity contribution is 0.0579. The number of imidazole rings is 1. The molecule has 0 amide bonds. The highest BCUT2D eigenvalue weighted by molar-refractivity contribution is 5.91. The van der Waals surface area contributed by atoms with Gasteiger partial charge in [-0.25, -0.2) is 9.78 Å². The summed E-state index contributed by atoms with van der Waals surface area (Å²) in [6.45, 7) is 1.09. The minimum absolute atomic E-state index is 0.311. The minimum Gasteiger partial charge on any atom is -0.463 e. The first kappa shape index (κ1) is 11.6. The maximum atomic E-state index is 11.6. The van der Waals surface area contributed by atoms with E-state index in [1.54, 1.807) is 7.11 Å². The Labute approximate surface area is 99.0 Å². The lowest BCUT2D eigenvalue weighted by Gasteiger charge is -2.06. The third-order valence-corrected chi connectivity index (χ3v) is 2.54. The molecule has 0 atom stereocenters. The van der Waals surface area contributed by atoms with E-state index < -0.39 is 5.97 Å². The SMILES string of the molecule is COCCn1c(C(=O)OC)nc2ccccc21. The van der Waals surface area contributed by atoms with E-state index in [9.17, 15) is 4.79 Å². The summed E-state index contributed by atoms with van der Waals surface area (Å²) in [5.41, 5.74) is 1.69. The van der Waals surface area contributed by atoms with Gasteiger partial charge in [0.05, 0.1) is 24.8 Å². The number of nitrogens with zero attached hydrogens (tertiary/aromatic N) is 2. The molecule has 0 saturated heterocycles. The topological polar surface area (TPSA) is 53.4 Å². The Hall–Kier alpha value is -1.88. The van der Waals surface area contributed by atoms with E-state index >= 15 is 0 Å². The summed E-state index contributed by atoms with van der Waals surface area (Å²) >= 11 is 0. The van der Waals surface area contributed by atoms with Crippen LogP contribution in [-0.4, -0.2) is 36.3 Å². The zero-order valence-corrected chi connectivity index (χ0v) is 9.84. The summed E-state index contributed by atoms with van der Waals surface area (Å²) in [7, 11) is 2.97. The number of rotatable bonds is 4. The van der Waals surface area contributed by atoms with Gasteiger partial charge < -0.3 is 14.0 Å². The van der Waals surface area contributed by atoms with Crippen LogP contribution in [-0.2, 0) is 16.0 Å². The molecule has 0 fully saturated rings. The van der Waals surface area contributed by atoms with Crippen molar-refractivity contribution in [1.29, 1.82) is 0 Å². The number of carbonyl (C=O) groups excluding carboxylic acids is 1. The highest BCUT2D eigenvalue weighted by Crippen LogP contribution is 2.16. The zero-order valence-electron chi connectivity index (χ0n) is 9.84. The van der Waals surface area contributed by atoms with E-state index in [1.165, 1.54) is 7.11 Å². The van der Waals surface area contributed by atoms with Gasteiger partial charge in [-0.15, -0.1) is 0 Å². The van der Waals surface area contributed by atoms with Gasteiger partial charge >= 0.3 is 5.97 Å². The molecule has 0 bridgehead atoms. The number of benzene rings is 1. The summed E-state index contributed by atoms with van der Waals surface area (Å²) in [6.07, 6.45) is 0. The number of fused-ring (bicyclic) bond motifs is 1. The molecule has 17 heavy (non-hydrogen) atoms. The lowest BCUT2D eigenvalue weighted by Crippen LogP contribution is -2.14. The molecule has 90 valence electrons. The number of hydrogen-bond donors (Lipinski definition) is 0. The average Bonchev–Trinajstić information content (AvgIpc) is 2.74. The van der Waals surface area contributed by atoms with Crippen LogP contribution in [0.1, 0.15) is 10.6 Å². The van der Waals surface area contributed by atoms with E-state index in [0.717, 1.165) is 11.0 Å². The van der Waals surface area contributed by atoms with Gasteiger partial charge in [0.15, 0.2) is 0 Å². The second-order valence-corrected chi connectivity index (χ2v) is 3.56. The first-order valence-electron chi connectivity index (χ1n) is 5.30. The predicted molar refractivity (Wildman–Crippen MR) is 62.9 cm³/mol. The second kappa shape index (κ2) is 4.97. The van der Waals surface area contributed by atoms with Crippen molar-refractivity contribution in [3.63, 3.8) is 0 Å². The Morgan fingerprint density at radius 2 is 2.12 bits per heavy atom. The molecular weight excluding hydrogens is 220 g/mol. The lowest BCUT2D eigenvalue weighted by atomic mass is 10.3. The molecule has 5 nitrogen and oxygen atoms in total. The van der Waals surface area contributed by atoms with Gasteiger partial charge in [0, 0.05) is 13.7 Å². The van der Waals surface area contributed by atoms with E-state index in [1.807, 2.05) is 28.8 Å². The monoisotopic (exact) mass is 234 g/mol. The van der Waals surface area contributed by atoms with E-state index in [4.69, 9.17) is 9.47 Å². The van der Waals surface area contributed by atoms with Crippen LogP contribution in [0.4, 0.5) is 0 Å². The van der Waals surface area contributed by atoms with Crippen molar-refractivity contribution in [3.05, 3.63) is 30.1 Å². The molecule has 0 aliphatic rings. The number of para-hydroxylation sites is 2. The van der Waals surface area contributed by atoms with Gasteiger partial charge in [-0.3, -0.25) is 0 Å². The summed E-state index contributed by atoms with van der Waals surface area (Å²) in [5, 5.41) is 0. The van der Waals surface area contributed by atoms with Crippen molar-refractivity contribution in [1.82, 2.24) is 9.55 Å². The second-order valence-electron chi connectivity index (χ2n) is 3.56. The fourth-order valence-electron chi connectivity index (χ4n) is 1.73. The molecule has 0 aliphatic heterocycles. The van der Waals surface area contributed by atoms with E-state index in [2.05, 4.69) is 4.98 Å². The largest absolute Gasteiger partial charge is 0.463 e. The zero-order chi connectivity index (χ0) is 12.3. The Morgan fingerprint density at radius 1 is 1.35 bits per heavy atom. The van der Waals surface area contributed by atoms with Crippen LogP contribution in [0, 0.1) is 0 Å². The van der Waals surface area contributed by atoms with Crippen LogP contribution in [0.25, 0.3) is 11.0 Å². The maximum Gasteiger partial charge on any atom is 0.374 e. The van der Waals surface area contributed by atoms with Gasteiger partial charge in [-0.1, -0.05) is 12.1 Å². The Bertz CT molecular complexity index is 534. The van der Waals surface area contributed by atoms with Crippen molar-refractivity contribution in [2.75, 3.05) is 20.8 Å². The summed E-state index contributed by atoms with van der Waals surface area (Å²) < 4.78 is 11.6. The van der Waals surface area contributed by atoms with Crippen molar-refractivity contribution in [2.45, 2.75) is 6.54 Å². The van der Waals surface area contributed by atoms with Gasteiger partial charge in [0.1, 0.15) is 0 Å². The van der Waals surface area contributed by atoms with Gasteiger partial charge in [0.25, 0.3) is 0 Å².